The number of hydrogen-bond acceptors (Lipinski definition) is 4. The van der Waals surface area contributed by atoms with Crippen LogP contribution >= 0.6 is 0 Å². The molecule has 0 aromatic heterocycles. The molecule has 0 fully saturated rings. The SMILES string of the molecule is N#Cc1ccc(NC(=O)C2=NN(Cc3ccc(F)cc3)C(=O)CC2)cc1. The van der Waals surface area contributed by atoms with Crippen molar-refractivity contribution in [3.8, 4) is 6.07 Å². The minimum atomic E-state index is -0.397. The monoisotopic (exact) mass is 350 g/mol. The fraction of sp³-hybridized carbons (Fsp3) is 0.158. The summed E-state index contributed by atoms with van der Waals surface area (Å²) in [4.78, 5) is 24.4. The van der Waals surface area contributed by atoms with Gasteiger partial charge in [-0.3, -0.25) is 9.59 Å². The van der Waals surface area contributed by atoms with Gasteiger partial charge < -0.3 is 5.32 Å². The molecule has 0 saturated carbocycles. The summed E-state index contributed by atoms with van der Waals surface area (Å²) in [5.41, 5.74) is 2.00. The first-order chi connectivity index (χ1) is 12.5. The van der Waals surface area contributed by atoms with Gasteiger partial charge in [-0.15, -0.1) is 0 Å². The first-order valence-corrected chi connectivity index (χ1v) is 7.99. The third kappa shape index (κ3) is 4.11. The van der Waals surface area contributed by atoms with Crippen LogP contribution < -0.4 is 5.32 Å². The van der Waals surface area contributed by atoms with Crippen LogP contribution in [0.2, 0.25) is 0 Å². The van der Waals surface area contributed by atoms with E-state index in [1.54, 1.807) is 36.4 Å². The molecular formula is C19H15FN4O2. The zero-order valence-corrected chi connectivity index (χ0v) is 13.8. The Kier molecular flexibility index (Phi) is 5.04. The molecule has 2 aromatic rings. The highest BCUT2D eigenvalue weighted by molar-refractivity contribution is 6.43. The van der Waals surface area contributed by atoms with Crippen LogP contribution in [0.3, 0.4) is 0 Å². The van der Waals surface area contributed by atoms with Crippen molar-refractivity contribution in [3.63, 3.8) is 0 Å². The molecule has 0 atom stereocenters. The second kappa shape index (κ2) is 7.57. The fourth-order valence-electron chi connectivity index (χ4n) is 2.48. The Morgan fingerprint density at radius 1 is 1.15 bits per heavy atom. The predicted molar refractivity (Wildman–Crippen MR) is 93.4 cm³/mol. The Hall–Kier alpha value is -3.53. The molecule has 3 rings (SSSR count). The molecule has 0 aliphatic carbocycles. The van der Waals surface area contributed by atoms with Crippen LogP contribution in [-0.2, 0) is 16.1 Å². The lowest BCUT2D eigenvalue weighted by molar-refractivity contribution is -0.132. The second-order valence-corrected chi connectivity index (χ2v) is 5.77. The molecule has 1 N–H and O–H groups in total. The number of nitrogens with zero attached hydrogens (tertiary/aromatic N) is 3. The van der Waals surface area contributed by atoms with Gasteiger partial charge in [0.1, 0.15) is 11.5 Å². The highest BCUT2D eigenvalue weighted by Gasteiger charge is 2.24. The second-order valence-electron chi connectivity index (χ2n) is 5.77. The van der Waals surface area contributed by atoms with Crippen LogP contribution in [0.15, 0.2) is 53.6 Å². The van der Waals surface area contributed by atoms with E-state index in [4.69, 9.17) is 5.26 Å². The van der Waals surface area contributed by atoms with Crippen LogP contribution in [-0.4, -0.2) is 22.5 Å². The number of amides is 2. The summed E-state index contributed by atoms with van der Waals surface area (Å²) in [7, 11) is 0. The molecule has 0 radical (unpaired) electrons. The molecule has 1 aliphatic heterocycles. The van der Waals surface area contributed by atoms with Crippen LogP contribution in [0, 0.1) is 17.1 Å². The van der Waals surface area contributed by atoms with Crippen molar-refractivity contribution in [3.05, 3.63) is 65.5 Å². The van der Waals surface area contributed by atoms with Gasteiger partial charge in [0.25, 0.3) is 5.91 Å². The molecule has 1 aliphatic rings. The maximum Gasteiger partial charge on any atom is 0.271 e. The molecule has 0 spiro atoms. The lowest BCUT2D eigenvalue weighted by Gasteiger charge is -2.23. The predicted octanol–water partition coefficient (Wildman–Crippen LogP) is 2.81. The molecule has 0 bridgehead atoms. The van der Waals surface area contributed by atoms with Gasteiger partial charge in [0.05, 0.1) is 18.2 Å². The van der Waals surface area contributed by atoms with Gasteiger partial charge in [-0.1, -0.05) is 12.1 Å². The normalized spacial score (nSPS) is 13.8. The zero-order chi connectivity index (χ0) is 18.5. The number of benzene rings is 2. The van der Waals surface area contributed by atoms with Crippen LogP contribution in [0.25, 0.3) is 0 Å². The molecule has 2 amide bonds. The highest BCUT2D eigenvalue weighted by atomic mass is 19.1. The fourth-order valence-corrected chi connectivity index (χ4v) is 2.48. The summed E-state index contributed by atoms with van der Waals surface area (Å²) in [6, 6.07) is 14.2. The topological polar surface area (TPSA) is 85.6 Å². The van der Waals surface area contributed by atoms with Crippen molar-refractivity contribution < 1.29 is 14.0 Å². The third-order valence-electron chi connectivity index (χ3n) is 3.88. The number of rotatable bonds is 4. The van der Waals surface area contributed by atoms with Gasteiger partial charge in [-0.05, 0) is 42.0 Å². The molecule has 2 aromatic carbocycles. The van der Waals surface area contributed by atoms with E-state index < -0.39 is 5.91 Å². The number of carbonyl (C=O) groups is 2. The third-order valence-corrected chi connectivity index (χ3v) is 3.88. The van der Waals surface area contributed by atoms with Gasteiger partial charge in [0.2, 0.25) is 5.91 Å². The summed E-state index contributed by atoms with van der Waals surface area (Å²) in [6.07, 6.45) is 0.432. The van der Waals surface area contributed by atoms with Gasteiger partial charge in [0.15, 0.2) is 0 Å². The van der Waals surface area contributed by atoms with Gasteiger partial charge in [-0.2, -0.15) is 10.4 Å². The van der Waals surface area contributed by atoms with E-state index in [2.05, 4.69) is 10.4 Å². The van der Waals surface area contributed by atoms with E-state index in [1.807, 2.05) is 6.07 Å². The number of carbonyl (C=O) groups excluding carboxylic acids is 2. The van der Waals surface area contributed by atoms with Crippen molar-refractivity contribution in [1.82, 2.24) is 5.01 Å². The van der Waals surface area contributed by atoms with Gasteiger partial charge in [-0.25, -0.2) is 9.40 Å². The van der Waals surface area contributed by atoms with Gasteiger partial charge in [0, 0.05) is 18.5 Å². The molecule has 0 unspecified atom stereocenters. The Balaban J connectivity index is 1.71. The number of nitriles is 1. The summed E-state index contributed by atoms with van der Waals surface area (Å²) in [5.74, 6) is -0.944. The van der Waals surface area contributed by atoms with E-state index in [0.29, 0.717) is 11.3 Å². The van der Waals surface area contributed by atoms with Crippen LogP contribution in [0.4, 0.5) is 10.1 Å². The van der Waals surface area contributed by atoms with E-state index in [1.165, 1.54) is 17.1 Å². The van der Waals surface area contributed by atoms with E-state index in [9.17, 15) is 14.0 Å². The van der Waals surface area contributed by atoms with Crippen molar-refractivity contribution in [2.45, 2.75) is 19.4 Å². The first-order valence-electron chi connectivity index (χ1n) is 7.99. The zero-order valence-electron chi connectivity index (χ0n) is 13.8. The van der Waals surface area contributed by atoms with Crippen molar-refractivity contribution in [1.29, 1.82) is 5.26 Å². The highest BCUT2D eigenvalue weighted by Crippen LogP contribution is 2.16. The van der Waals surface area contributed by atoms with Crippen molar-refractivity contribution in [2.24, 2.45) is 5.10 Å². The lowest BCUT2D eigenvalue weighted by Crippen LogP contribution is -2.36. The van der Waals surface area contributed by atoms with Crippen molar-refractivity contribution >= 4 is 23.2 Å². The lowest BCUT2D eigenvalue weighted by atomic mass is 10.1. The molecular weight excluding hydrogens is 335 g/mol. The number of hydrazone groups is 1. The van der Waals surface area contributed by atoms with E-state index >= 15 is 0 Å². The number of hydrogen-bond donors (Lipinski definition) is 1. The summed E-state index contributed by atoms with van der Waals surface area (Å²) in [5, 5.41) is 16.9. The first kappa shape index (κ1) is 17.3. The number of halogens is 1. The Bertz CT molecular complexity index is 899. The van der Waals surface area contributed by atoms with Crippen molar-refractivity contribution in [2.75, 3.05) is 5.32 Å². The van der Waals surface area contributed by atoms with Crippen LogP contribution in [0.5, 0.6) is 0 Å². The summed E-state index contributed by atoms with van der Waals surface area (Å²) in [6.45, 7) is 0.173. The quantitative estimate of drug-likeness (QED) is 0.920. The number of anilines is 1. The summed E-state index contributed by atoms with van der Waals surface area (Å²) >= 11 is 0. The largest absolute Gasteiger partial charge is 0.321 e. The van der Waals surface area contributed by atoms with E-state index in [0.717, 1.165) is 5.56 Å². The minimum Gasteiger partial charge on any atom is -0.321 e. The maximum absolute atomic E-state index is 13.0. The Labute approximate surface area is 149 Å². The molecule has 1 heterocycles. The number of nitrogens with one attached hydrogen (secondary N) is 1. The van der Waals surface area contributed by atoms with Gasteiger partial charge >= 0.3 is 0 Å². The Morgan fingerprint density at radius 3 is 2.50 bits per heavy atom. The average molecular weight is 350 g/mol. The molecule has 6 nitrogen and oxygen atoms in total. The standard InChI is InChI=1S/C19H15FN4O2/c20-15-5-1-14(2-6-15)12-24-18(25)10-9-17(23-24)19(26)22-16-7-3-13(11-21)4-8-16/h1-8H,9-10,12H2,(H,22,26). The maximum atomic E-state index is 13.0. The average Bonchev–Trinajstić information content (AvgIpc) is 2.66. The molecule has 26 heavy (non-hydrogen) atoms. The Morgan fingerprint density at radius 2 is 1.85 bits per heavy atom. The molecule has 0 saturated heterocycles. The molecule has 7 heteroatoms. The van der Waals surface area contributed by atoms with E-state index in [-0.39, 0.29) is 36.8 Å². The summed E-state index contributed by atoms with van der Waals surface area (Å²) < 4.78 is 13.0. The minimum absolute atomic E-state index is 0.173. The van der Waals surface area contributed by atoms with Crippen LogP contribution in [0.1, 0.15) is 24.0 Å². The molecule has 130 valence electrons. The smallest absolute Gasteiger partial charge is 0.271 e.